The monoisotopic (exact) mass is 373 g/mol. The summed E-state index contributed by atoms with van der Waals surface area (Å²) in [5.74, 6) is 0.0870. The summed E-state index contributed by atoms with van der Waals surface area (Å²) in [7, 11) is 0.167. The smallest absolute Gasteiger partial charge is 0.224 e. The van der Waals surface area contributed by atoms with Crippen molar-refractivity contribution in [2.24, 2.45) is 0 Å². The van der Waals surface area contributed by atoms with Gasteiger partial charge >= 0.3 is 0 Å². The first-order valence-corrected chi connectivity index (χ1v) is 4.89. The van der Waals surface area contributed by atoms with Gasteiger partial charge in [-0.15, -0.1) is 0 Å². The number of nitrogens with zero attached hydrogens (tertiary/aromatic N) is 1. The Kier molecular flexibility index (Phi) is 4.13. The first-order chi connectivity index (χ1) is 5.29. The average Bonchev–Trinajstić information content (AvgIpc) is 2.03. The predicted molar refractivity (Wildman–Crippen MR) is 50.1 cm³/mol. The number of rotatable bonds is 0. The molecule has 76 valence electrons. The molecule has 0 aliphatic carbocycles. The molecule has 1 amide bonds. The van der Waals surface area contributed by atoms with Gasteiger partial charge in [-0.05, 0) is 27.7 Å². The SMILES string of the molecule is CC(=O)N1POC(C)(C)C1(C)C.[W]. The van der Waals surface area contributed by atoms with Crippen molar-refractivity contribution >= 4 is 14.9 Å². The third-order valence-electron chi connectivity index (χ3n) is 2.74. The average molecular weight is 373 g/mol. The van der Waals surface area contributed by atoms with Crippen molar-refractivity contribution in [1.82, 2.24) is 4.67 Å². The molecule has 0 N–H and O–H groups in total. The van der Waals surface area contributed by atoms with Gasteiger partial charge in [-0.1, -0.05) is 0 Å². The maximum Gasteiger partial charge on any atom is 0.224 e. The van der Waals surface area contributed by atoms with Crippen LogP contribution in [0.2, 0.25) is 0 Å². The molecule has 1 fully saturated rings. The van der Waals surface area contributed by atoms with E-state index in [1.54, 1.807) is 11.6 Å². The molecule has 13 heavy (non-hydrogen) atoms. The first-order valence-electron chi connectivity index (χ1n) is 4.03. The second-order valence-electron chi connectivity index (χ2n) is 4.12. The molecule has 1 saturated heterocycles. The fourth-order valence-electron chi connectivity index (χ4n) is 1.13. The Balaban J connectivity index is 0.00000144. The van der Waals surface area contributed by atoms with E-state index in [1.807, 2.05) is 27.7 Å². The zero-order valence-electron chi connectivity index (χ0n) is 8.67. The van der Waals surface area contributed by atoms with E-state index in [1.165, 1.54) is 0 Å². The van der Waals surface area contributed by atoms with Crippen molar-refractivity contribution in [2.75, 3.05) is 0 Å². The van der Waals surface area contributed by atoms with Crippen LogP contribution in [0, 0.1) is 0 Å². The van der Waals surface area contributed by atoms with Crippen LogP contribution in [0.5, 0.6) is 0 Å². The van der Waals surface area contributed by atoms with Gasteiger partial charge in [0.05, 0.1) is 11.1 Å². The van der Waals surface area contributed by atoms with Gasteiger partial charge in [0.25, 0.3) is 0 Å². The van der Waals surface area contributed by atoms with Gasteiger partial charge in [0.2, 0.25) is 5.91 Å². The Hall–Kier alpha value is 0.548. The molecule has 1 unspecified atom stereocenters. The predicted octanol–water partition coefficient (Wildman–Crippen LogP) is 1.93. The maximum atomic E-state index is 11.2. The van der Waals surface area contributed by atoms with Gasteiger partial charge in [0.15, 0.2) is 0 Å². The molecule has 1 rings (SSSR count). The summed E-state index contributed by atoms with van der Waals surface area (Å²) in [4.78, 5) is 11.2. The molecule has 3 nitrogen and oxygen atoms in total. The van der Waals surface area contributed by atoms with E-state index in [4.69, 9.17) is 4.52 Å². The number of hydrogen-bond donors (Lipinski definition) is 0. The molecule has 0 spiro atoms. The van der Waals surface area contributed by atoms with Crippen LogP contribution in [0.4, 0.5) is 0 Å². The molecule has 5 heteroatoms. The van der Waals surface area contributed by atoms with Gasteiger partial charge in [0, 0.05) is 28.0 Å². The van der Waals surface area contributed by atoms with Gasteiger partial charge in [0.1, 0.15) is 8.96 Å². The van der Waals surface area contributed by atoms with Crippen molar-refractivity contribution < 1.29 is 30.4 Å². The largest absolute Gasteiger partial charge is 0.333 e. The summed E-state index contributed by atoms with van der Waals surface area (Å²) in [6.45, 7) is 9.69. The van der Waals surface area contributed by atoms with E-state index < -0.39 is 0 Å². The third-order valence-corrected chi connectivity index (χ3v) is 4.40. The van der Waals surface area contributed by atoms with E-state index in [2.05, 4.69) is 0 Å². The molecule has 1 aliphatic rings. The molecule has 0 radical (unpaired) electrons. The van der Waals surface area contributed by atoms with E-state index in [9.17, 15) is 4.79 Å². The Bertz CT molecular complexity index is 218. The molecule has 0 saturated carbocycles. The fourth-order valence-corrected chi connectivity index (χ4v) is 2.32. The van der Waals surface area contributed by atoms with Crippen molar-refractivity contribution in [2.45, 2.75) is 45.8 Å². The number of hydrogen-bond acceptors (Lipinski definition) is 2. The Morgan fingerprint density at radius 1 is 1.31 bits per heavy atom. The Morgan fingerprint density at radius 2 is 1.77 bits per heavy atom. The number of amides is 1. The zero-order valence-corrected chi connectivity index (χ0v) is 12.6. The minimum Gasteiger partial charge on any atom is -0.333 e. The summed E-state index contributed by atoms with van der Waals surface area (Å²) >= 11 is 0. The second-order valence-corrected chi connectivity index (χ2v) is 4.95. The number of carbonyl (C=O) groups excluding carboxylic acids is 1. The summed E-state index contributed by atoms with van der Waals surface area (Å²) in [6, 6.07) is 0. The van der Waals surface area contributed by atoms with Crippen molar-refractivity contribution in [3.63, 3.8) is 0 Å². The van der Waals surface area contributed by atoms with Crippen LogP contribution >= 0.6 is 8.96 Å². The van der Waals surface area contributed by atoms with Crippen LogP contribution < -0.4 is 0 Å². The van der Waals surface area contributed by atoms with Gasteiger partial charge in [-0.25, -0.2) is 0 Å². The van der Waals surface area contributed by atoms with Crippen LogP contribution in [0.3, 0.4) is 0 Å². The molecule has 0 bridgehead atoms. The van der Waals surface area contributed by atoms with Crippen molar-refractivity contribution in [3.8, 4) is 0 Å². The summed E-state index contributed by atoms with van der Waals surface area (Å²) in [5.41, 5.74) is -0.436. The van der Waals surface area contributed by atoms with Crippen LogP contribution in [0.15, 0.2) is 0 Å². The molecular weight excluding hydrogens is 357 g/mol. The maximum absolute atomic E-state index is 11.2. The van der Waals surface area contributed by atoms with Crippen molar-refractivity contribution in [1.29, 1.82) is 0 Å². The normalized spacial score (nSPS) is 25.8. The third kappa shape index (κ3) is 2.14. The topological polar surface area (TPSA) is 29.5 Å². The van der Waals surface area contributed by atoms with Crippen LogP contribution in [-0.2, 0) is 30.4 Å². The Morgan fingerprint density at radius 3 is 1.92 bits per heavy atom. The standard InChI is InChI=1S/C8H16NO2P.W/c1-6(10)9-7(2,3)8(4,5)11-12-9;/h12H,1-5H3;. The summed E-state index contributed by atoms with van der Waals surface area (Å²) in [5, 5.41) is 0. The molecule has 0 aromatic rings. The fraction of sp³-hybridized carbons (Fsp3) is 0.875. The van der Waals surface area contributed by atoms with Crippen LogP contribution in [-0.4, -0.2) is 21.7 Å². The van der Waals surface area contributed by atoms with Crippen LogP contribution in [0.1, 0.15) is 34.6 Å². The van der Waals surface area contributed by atoms with Gasteiger partial charge < -0.3 is 4.52 Å². The van der Waals surface area contributed by atoms with Gasteiger partial charge in [-0.2, -0.15) is 0 Å². The van der Waals surface area contributed by atoms with E-state index in [-0.39, 0.29) is 47.1 Å². The molecular formula is C8H16NO2PW. The summed E-state index contributed by atoms with van der Waals surface area (Å²) < 4.78 is 7.35. The molecule has 1 atom stereocenters. The quantitative estimate of drug-likeness (QED) is 0.608. The molecule has 0 aromatic carbocycles. The zero-order chi connectivity index (χ0) is 9.57. The Labute approximate surface area is 95.8 Å². The minimum atomic E-state index is -0.239. The van der Waals surface area contributed by atoms with Crippen molar-refractivity contribution in [3.05, 3.63) is 0 Å². The van der Waals surface area contributed by atoms with Gasteiger partial charge in [-0.3, -0.25) is 9.46 Å². The molecule has 1 heterocycles. The van der Waals surface area contributed by atoms with E-state index >= 15 is 0 Å². The van der Waals surface area contributed by atoms with Crippen LogP contribution in [0.25, 0.3) is 0 Å². The summed E-state index contributed by atoms with van der Waals surface area (Å²) in [6.07, 6.45) is 0. The minimum absolute atomic E-state index is 0. The van der Waals surface area contributed by atoms with E-state index in [0.717, 1.165) is 0 Å². The van der Waals surface area contributed by atoms with E-state index in [0.29, 0.717) is 0 Å². The second kappa shape index (κ2) is 3.96. The molecule has 0 aromatic heterocycles. The first kappa shape index (κ1) is 13.5. The molecule has 1 aliphatic heterocycles. The number of carbonyl (C=O) groups is 1.